The molecule has 0 heterocycles. The molecule has 0 aliphatic heterocycles. The second-order valence-corrected chi connectivity index (χ2v) is 4.49. The van der Waals surface area contributed by atoms with E-state index >= 15 is 0 Å². The van der Waals surface area contributed by atoms with E-state index < -0.39 is 18.1 Å². The number of ether oxygens (including phenoxy) is 1. The second kappa shape index (κ2) is 6.40. The van der Waals surface area contributed by atoms with E-state index in [9.17, 15) is 9.90 Å². The Balaban J connectivity index is 2.85. The molecule has 1 rings (SSSR count). The standard InChI is InChI=1S/C13H20N2O4/c1-3-19-11-9(5-4-6-10(11)14)12(17)15-7-13(2,18)8-16/h4-6,16,18H,3,7-8,14H2,1-2H3,(H,15,17). The molecule has 0 spiro atoms. The number of nitrogens with two attached hydrogens (primary N) is 1. The zero-order valence-corrected chi connectivity index (χ0v) is 11.1. The van der Waals surface area contributed by atoms with Crippen molar-refractivity contribution in [3.05, 3.63) is 23.8 Å². The Morgan fingerprint density at radius 2 is 2.21 bits per heavy atom. The lowest BCUT2D eigenvalue weighted by Crippen LogP contribution is -2.43. The summed E-state index contributed by atoms with van der Waals surface area (Å²) < 4.78 is 5.35. The van der Waals surface area contributed by atoms with Crippen LogP contribution in [0.3, 0.4) is 0 Å². The van der Waals surface area contributed by atoms with Gasteiger partial charge in [0.2, 0.25) is 0 Å². The number of nitrogens with one attached hydrogen (secondary N) is 1. The number of rotatable bonds is 6. The van der Waals surface area contributed by atoms with Crippen LogP contribution >= 0.6 is 0 Å². The van der Waals surface area contributed by atoms with Gasteiger partial charge in [0.05, 0.1) is 24.5 Å². The molecular formula is C13H20N2O4. The minimum atomic E-state index is -1.36. The summed E-state index contributed by atoms with van der Waals surface area (Å²) in [5.41, 5.74) is 5.08. The van der Waals surface area contributed by atoms with Crippen molar-refractivity contribution in [2.24, 2.45) is 0 Å². The van der Waals surface area contributed by atoms with Crippen LogP contribution in [0.2, 0.25) is 0 Å². The number of carbonyl (C=O) groups is 1. The number of nitrogen functional groups attached to an aromatic ring is 1. The molecule has 19 heavy (non-hydrogen) atoms. The van der Waals surface area contributed by atoms with E-state index in [-0.39, 0.29) is 6.54 Å². The van der Waals surface area contributed by atoms with Crippen molar-refractivity contribution >= 4 is 11.6 Å². The third kappa shape index (κ3) is 4.11. The summed E-state index contributed by atoms with van der Waals surface area (Å²) in [5, 5.41) is 21.1. The summed E-state index contributed by atoms with van der Waals surface area (Å²) in [4.78, 5) is 12.0. The molecule has 0 saturated carbocycles. The van der Waals surface area contributed by atoms with Crippen LogP contribution in [0.1, 0.15) is 24.2 Å². The molecule has 6 nitrogen and oxygen atoms in total. The van der Waals surface area contributed by atoms with Gasteiger partial charge in [0, 0.05) is 6.54 Å². The maximum absolute atomic E-state index is 12.0. The highest BCUT2D eigenvalue weighted by molar-refractivity contribution is 5.98. The number of hydrogen-bond acceptors (Lipinski definition) is 5. The lowest BCUT2D eigenvalue weighted by atomic mass is 10.1. The number of hydrogen-bond donors (Lipinski definition) is 4. The molecule has 0 aliphatic rings. The minimum Gasteiger partial charge on any atom is -0.491 e. The van der Waals surface area contributed by atoms with E-state index in [2.05, 4.69) is 5.32 Å². The van der Waals surface area contributed by atoms with Crippen LogP contribution in [0.15, 0.2) is 18.2 Å². The number of anilines is 1. The third-order valence-corrected chi connectivity index (χ3v) is 2.55. The van der Waals surface area contributed by atoms with Gasteiger partial charge in [-0.05, 0) is 26.0 Å². The van der Waals surface area contributed by atoms with Crippen molar-refractivity contribution in [1.29, 1.82) is 0 Å². The summed E-state index contributed by atoms with van der Waals surface area (Å²) >= 11 is 0. The first kappa shape index (κ1) is 15.3. The normalized spacial score (nSPS) is 13.7. The number of aliphatic hydroxyl groups is 2. The monoisotopic (exact) mass is 268 g/mol. The zero-order chi connectivity index (χ0) is 14.5. The molecule has 0 aromatic heterocycles. The summed E-state index contributed by atoms with van der Waals surface area (Å²) in [6.07, 6.45) is 0. The predicted octanol–water partition coefficient (Wildman–Crippen LogP) is 0.141. The largest absolute Gasteiger partial charge is 0.491 e. The quantitative estimate of drug-likeness (QED) is 0.549. The highest BCUT2D eigenvalue weighted by atomic mass is 16.5. The first-order valence-corrected chi connectivity index (χ1v) is 6.04. The van der Waals surface area contributed by atoms with Gasteiger partial charge in [-0.1, -0.05) is 6.07 Å². The molecule has 0 aliphatic carbocycles. The van der Waals surface area contributed by atoms with Gasteiger partial charge in [-0.2, -0.15) is 0 Å². The topological polar surface area (TPSA) is 105 Å². The first-order chi connectivity index (χ1) is 8.91. The predicted molar refractivity (Wildman–Crippen MR) is 72.1 cm³/mol. The molecule has 0 radical (unpaired) electrons. The number of para-hydroxylation sites is 1. The van der Waals surface area contributed by atoms with Crippen molar-refractivity contribution in [2.45, 2.75) is 19.4 Å². The van der Waals surface area contributed by atoms with Crippen LogP contribution < -0.4 is 15.8 Å². The van der Waals surface area contributed by atoms with Crippen LogP contribution in [0.4, 0.5) is 5.69 Å². The van der Waals surface area contributed by atoms with Crippen LogP contribution in [0.5, 0.6) is 5.75 Å². The minimum absolute atomic E-state index is 0.0668. The lowest BCUT2D eigenvalue weighted by Gasteiger charge is -2.21. The molecule has 1 aromatic rings. The van der Waals surface area contributed by atoms with Gasteiger partial charge in [-0.15, -0.1) is 0 Å². The maximum Gasteiger partial charge on any atom is 0.255 e. The SMILES string of the molecule is CCOc1c(N)cccc1C(=O)NCC(C)(O)CO. The van der Waals surface area contributed by atoms with E-state index in [4.69, 9.17) is 15.6 Å². The second-order valence-electron chi connectivity index (χ2n) is 4.49. The molecule has 0 bridgehead atoms. The highest BCUT2D eigenvalue weighted by Gasteiger charge is 2.22. The molecule has 6 heteroatoms. The van der Waals surface area contributed by atoms with Crippen molar-refractivity contribution in [1.82, 2.24) is 5.32 Å². The van der Waals surface area contributed by atoms with Crippen molar-refractivity contribution in [3.8, 4) is 5.75 Å². The Kier molecular flexibility index (Phi) is 5.14. The number of amides is 1. The molecule has 0 fully saturated rings. The fourth-order valence-electron chi connectivity index (χ4n) is 1.46. The summed E-state index contributed by atoms with van der Waals surface area (Å²) in [7, 11) is 0. The number of benzene rings is 1. The Hall–Kier alpha value is -1.79. The Labute approximate surface area is 112 Å². The Morgan fingerprint density at radius 1 is 1.53 bits per heavy atom. The van der Waals surface area contributed by atoms with E-state index in [1.807, 2.05) is 0 Å². The Bertz CT molecular complexity index is 446. The number of carbonyl (C=O) groups excluding carboxylic acids is 1. The summed E-state index contributed by atoms with van der Waals surface area (Å²) in [6, 6.07) is 4.88. The van der Waals surface area contributed by atoms with Crippen molar-refractivity contribution < 1.29 is 19.7 Å². The average molecular weight is 268 g/mol. The van der Waals surface area contributed by atoms with Gasteiger partial charge in [0.15, 0.2) is 5.75 Å². The molecule has 106 valence electrons. The van der Waals surface area contributed by atoms with Crippen LogP contribution in [0, 0.1) is 0 Å². The van der Waals surface area contributed by atoms with E-state index in [0.29, 0.717) is 23.6 Å². The third-order valence-electron chi connectivity index (χ3n) is 2.55. The molecule has 1 amide bonds. The molecule has 1 unspecified atom stereocenters. The van der Waals surface area contributed by atoms with Gasteiger partial charge >= 0.3 is 0 Å². The maximum atomic E-state index is 12.0. The zero-order valence-electron chi connectivity index (χ0n) is 11.1. The smallest absolute Gasteiger partial charge is 0.255 e. The van der Waals surface area contributed by atoms with Crippen LogP contribution in [-0.2, 0) is 0 Å². The molecule has 1 atom stereocenters. The van der Waals surface area contributed by atoms with E-state index in [1.54, 1.807) is 25.1 Å². The molecule has 1 aromatic carbocycles. The summed E-state index contributed by atoms with van der Waals surface area (Å²) in [6.45, 7) is 3.11. The summed E-state index contributed by atoms with van der Waals surface area (Å²) in [5.74, 6) is -0.0874. The van der Waals surface area contributed by atoms with E-state index in [0.717, 1.165) is 0 Å². The van der Waals surface area contributed by atoms with Gasteiger partial charge in [0.25, 0.3) is 5.91 Å². The highest BCUT2D eigenvalue weighted by Crippen LogP contribution is 2.26. The van der Waals surface area contributed by atoms with Crippen molar-refractivity contribution in [3.63, 3.8) is 0 Å². The van der Waals surface area contributed by atoms with Crippen LogP contribution in [0.25, 0.3) is 0 Å². The van der Waals surface area contributed by atoms with Crippen molar-refractivity contribution in [2.75, 3.05) is 25.5 Å². The lowest BCUT2D eigenvalue weighted by molar-refractivity contribution is 0.00317. The van der Waals surface area contributed by atoms with Gasteiger partial charge in [-0.25, -0.2) is 0 Å². The van der Waals surface area contributed by atoms with Gasteiger partial charge < -0.3 is 26.0 Å². The van der Waals surface area contributed by atoms with E-state index in [1.165, 1.54) is 6.92 Å². The van der Waals surface area contributed by atoms with Gasteiger partial charge in [0.1, 0.15) is 5.60 Å². The molecular weight excluding hydrogens is 248 g/mol. The average Bonchev–Trinajstić information content (AvgIpc) is 2.38. The Morgan fingerprint density at radius 3 is 2.79 bits per heavy atom. The van der Waals surface area contributed by atoms with Crippen LogP contribution in [-0.4, -0.2) is 41.5 Å². The fourth-order valence-corrected chi connectivity index (χ4v) is 1.46. The first-order valence-electron chi connectivity index (χ1n) is 6.04. The fraction of sp³-hybridized carbons (Fsp3) is 0.462. The molecule has 5 N–H and O–H groups in total. The number of aliphatic hydroxyl groups excluding tert-OH is 1. The van der Waals surface area contributed by atoms with Gasteiger partial charge in [-0.3, -0.25) is 4.79 Å². The molecule has 0 saturated heterocycles.